The molecule has 1 aromatic carbocycles. The van der Waals surface area contributed by atoms with Crippen LogP contribution in [0.15, 0.2) is 40.4 Å². The van der Waals surface area contributed by atoms with Gasteiger partial charge in [0.05, 0.1) is 0 Å². The summed E-state index contributed by atoms with van der Waals surface area (Å²) in [6, 6.07) is 9.89. The average molecular weight is 494 g/mol. The van der Waals surface area contributed by atoms with Gasteiger partial charge in [-0.15, -0.1) is 0 Å². The number of aromatic amines is 1. The van der Waals surface area contributed by atoms with Crippen LogP contribution < -0.4 is 15.5 Å². The molecule has 5 rings (SSSR count). The lowest BCUT2D eigenvalue weighted by molar-refractivity contribution is 0.0951. The fourth-order valence-electron chi connectivity index (χ4n) is 3.81. The van der Waals surface area contributed by atoms with E-state index in [0.29, 0.717) is 34.5 Å². The minimum absolute atomic E-state index is 0.0190. The molecule has 2 fully saturated rings. The number of piperazine rings is 1. The fourth-order valence-corrected chi connectivity index (χ4v) is 4.55. The molecule has 0 bridgehead atoms. The Balaban J connectivity index is 1.35. The predicted molar refractivity (Wildman–Crippen MR) is 136 cm³/mol. The molecule has 0 unspecified atom stereocenters. The number of benzene rings is 1. The minimum atomic E-state index is -0.0190. The predicted octanol–water partition coefficient (Wildman–Crippen LogP) is 3.09. The summed E-state index contributed by atoms with van der Waals surface area (Å²) in [5, 5.41) is 14.3. The van der Waals surface area contributed by atoms with E-state index in [-0.39, 0.29) is 5.91 Å². The first-order valence-electron chi connectivity index (χ1n) is 12.2. The number of carbonyl (C=O) groups excluding carboxylic acids is 1. The van der Waals surface area contributed by atoms with Crippen LogP contribution in [0.2, 0.25) is 0 Å². The molecule has 1 aliphatic carbocycles. The maximum atomic E-state index is 12.3. The molecule has 3 N–H and O–H groups in total. The largest absolute Gasteiger partial charge is 0.349 e. The van der Waals surface area contributed by atoms with E-state index in [0.717, 1.165) is 62.5 Å². The first-order chi connectivity index (χ1) is 17.1. The number of rotatable bonds is 9. The number of nitrogens with zero attached hydrogens (tertiary/aromatic N) is 6. The van der Waals surface area contributed by atoms with Crippen LogP contribution in [-0.2, 0) is 6.42 Å². The summed E-state index contributed by atoms with van der Waals surface area (Å²) in [7, 11) is 2.12. The van der Waals surface area contributed by atoms with Crippen LogP contribution in [0.1, 0.15) is 42.2 Å². The molecule has 10 nitrogen and oxygen atoms in total. The van der Waals surface area contributed by atoms with Gasteiger partial charge in [0.2, 0.25) is 11.9 Å². The lowest BCUT2D eigenvalue weighted by Crippen LogP contribution is -2.45. The average Bonchev–Trinajstić information content (AvgIpc) is 3.57. The zero-order valence-electron chi connectivity index (χ0n) is 20.1. The topological polar surface area (TPSA) is 115 Å². The van der Waals surface area contributed by atoms with E-state index in [1.165, 1.54) is 11.8 Å². The Bertz CT molecular complexity index is 1150. The van der Waals surface area contributed by atoms with Crippen molar-refractivity contribution >= 4 is 35.4 Å². The number of nitrogens with one attached hydrogen (secondary N) is 3. The fraction of sp³-hybridized carbons (Fsp3) is 0.458. The molecular weight excluding hydrogens is 462 g/mol. The smallest absolute Gasteiger partial charge is 0.251 e. The van der Waals surface area contributed by atoms with Crippen molar-refractivity contribution in [2.24, 2.45) is 0 Å². The van der Waals surface area contributed by atoms with Gasteiger partial charge in [0.25, 0.3) is 5.91 Å². The van der Waals surface area contributed by atoms with E-state index in [9.17, 15) is 4.79 Å². The molecule has 11 heteroatoms. The van der Waals surface area contributed by atoms with E-state index in [4.69, 9.17) is 9.97 Å². The number of H-pyrrole nitrogens is 1. The lowest BCUT2D eigenvalue weighted by atomic mass is 10.2. The van der Waals surface area contributed by atoms with Crippen molar-refractivity contribution in [2.45, 2.75) is 48.7 Å². The van der Waals surface area contributed by atoms with Gasteiger partial charge >= 0.3 is 0 Å². The summed E-state index contributed by atoms with van der Waals surface area (Å²) < 4.78 is 0. The van der Waals surface area contributed by atoms with Gasteiger partial charge in [0.15, 0.2) is 11.0 Å². The van der Waals surface area contributed by atoms with Crippen molar-refractivity contribution in [3.8, 4) is 0 Å². The molecule has 0 spiro atoms. The SMILES string of the molecule is CCCc1cc(Nc2nc(Sc3ccc(C(=O)NC4CC4)cc3)nc(N3CCN(C)CC3)n2)n[nH]1. The van der Waals surface area contributed by atoms with Crippen LogP contribution in [0, 0.1) is 0 Å². The zero-order valence-corrected chi connectivity index (χ0v) is 20.9. The van der Waals surface area contributed by atoms with E-state index >= 15 is 0 Å². The second-order valence-corrected chi connectivity index (χ2v) is 10.1. The number of hydrogen-bond donors (Lipinski definition) is 3. The van der Waals surface area contributed by atoms with Gasteiger partial charge in [-0.2, -0.15) is 20.1 Å². The van der Waals surface area contributed by atoms with Gasteiger partial charge in [0, 0.05) is 54.4 Å². The second kappa shape index (κ2) is 10.6. The summed E-state index contributed by atoms with van der Waals surface area (Å²) in [5.41, 5.74) is 1.74. The summed E-state index contributed by atoms with van der Waals surface area (Å²) in [6.07, 6.45) is 4.13. The van der Waals surface area contributed by atoms with Gasteiger partial charge < -0.3 is 20.4 Å². The molecule has 0 atom stereocenters. The normalized spacial score (nSPS) is 16.3. The van der Waals surface area contributed by atoms with Crippen molar-refractivity contribution in [1.29, 1.82) is 0 Å². The Morgan fingerprint density at radius 3 is 2.60 bits per heavy atom. The number of likely N-dealkylation sites (N-methyl/N-ethyl adjacent to an activating group) is 1. The molecule has 1 saturated heterocycles. The number of aromatic nitrogens is 5. The van der Waals surface area contributed by atoms with Crippen LogP contribution >= 0.6 is 11.8 Å². The van der Waals surface area contributed by atoms with Crippen LogP contribution in [0.4, 0.5) is 17.7 Å². The Labute approximate surface area is 209 Å². The molecule has 1 aliphatic heterocycles. The lowest BCUT2D eigenvalue weighted by Gasteiger charge is -2.32. The van der Waals surface area contributed by atoms with Crippen molar-refractivity contribution < 1.29 is 4.79 Å². The number of anilines is 3. The van der Waals surface area contributed by atoms with Crippen molar-refractivity contribution in [1.82, 2.24) is 35.4 Å². The maximum absolute atomic E-state index is 12.3. The Morgan fingerprint density at radius 2 is 1.89 bits per heavy atom. The number of carbonyl (C=O) groups is 1. The molecular formula is C24H31N9OS. The maximum Gasteiger partial charge on any atom is 0.251 e. The molecule has 184 valence electrons. The minimum Gasteiger partial charge on any atom is -0.349 e. The number of hydrogen-bond acceptors (Lipinski definition) is 9. The van der Waals surface area contributed by atoms with Gasteiger partial charge in [-0.3, -0.25) is 9.89 Å². The van der Waals surface area contributed by atoms with Crippen molar-refractivity contribution in [3.05, 3.63) is 41.6 Å². The highest BCUT2D eigenvalue weighted by Crippen LogP contribution is 2.28. The van der Waals surface area contributed by atoms with E-state index < -0.39 is 0 Å². The van der Waals surface area contributed by atoms with Crippen LogP contribution in [0.3, 0.4) is 0 Å². The summed E-state index contributed by atoms with van der Waals surface area (Å²) in [6.45, 7) is 5.77. The number of amides is 1. The molecule has 2 aromatic heterocycles. The first kappa shape index (κ1) is 23.6. The quantitative estimate of drug-likeness (QED) is 0.414. The van der Waals surface area contributed by atoms with Crippen LogP contribution in [0.5, 0.6) is 0 Å². The van der Waals surface area contributed by atoms with E-state index in [2.05, 4.69) is 49.6 Å². The Kier molecular flexibility index (Phi) is 7.14. The molecule has 1 saturated carbocycles. The summed E-state index contributed by atoms with van der Waals surface area (Å²) >= 11 is 1.45. The van der Waals surface area contributed by atoms with Crippen LogP contribution in [-0.4, -0.2) is 75.2 Å². The third-order valence-corrected chi connectivity index (χ3v) is 6.89. The molecule has 2 aliphatic rings. The second-order valence-electron chi connectivity index (χ2n) is 9.06. The third-order valence-electron chi connectivity index (χ3n) is 6.02. The van der Waals surface area contributed by atoms with Gasteiger partial charge in [-0.1, -0.05) is 13.3 Å². The molecule has 35 heavy (non-hydrogen) atoms. The Hall–Kier alpha value is -3.18. The van der Waals surface area contributed by atoms with E-state index in [1.807, 2.05) is 30.3 Å². The highest BCUT2D eigenvalue weighted by Gasteiger charge is 2.24. The van der Waals surface area contributed by atoms with E-state index in [1.54, 1.807) is 0 Å². The monoisotopic (exact) mass is 493 g/mol. The molecule has 0 radical (unpaired) electrons. The molecule has 1 amide bonds. The zero-order chi connectivity index (χ0) is 24.2. The molecule has 3 heterocycles. The summed E-state index contributed by atoms with van der Waals surface area (Å²) in [4.78, 5) is 31.8. The Morgan fingerprint density at radius 1 is 1.11 bits per heavy atom. The highest BCUT2D eigenvalue weighted by molar-refractivity contribution is 7.99. The van der Waals surface area contributed by atoms with Gasteiger partial charge in [-0.05, 0) is 62.3 Å². The van der Waals surface area contributed by atoms with Crippen molar-refractivity contribution in [3.63, 3.8) is 0 Å². The summed E-state index contributed by atoms with van der Waals surface area (Å²) in [5.74, 6) is 1.79. The molecule has 3 aromatic rings. The highest BCUT2D eigenvalue weighted by atomic mass is 32.2. The van der Waals surface area contributed by atoms with Gasteiger partial charge in [0.1, 0.15) is 0 Å². The standard InChI is InChI=1S/C24H31N9OS/c1-3-4-18-15-20(31-30-18)26-22-27-23(33-13-11-32(2)12-14-33)29-24(28-22)35-19-9-5-16(6-10-19)21(34)25-17-7-8-17/h5-6,9-10,15,17H,3-4,7-8,11-14H2,1-2H3,(H,25,34)(H2,26,27,28,29,30,31). The number of aryl methyl sites for hydroxylation is 1. The van der Waals surface area contributed by atoms with Crippen molar-refractivity contribution in [2.75, 3.05) is 43.4 Å². The first-order valence-corrected chi connectivity index (χ1v) is 13.0. The van der Waals surface area contributed by atoms with Crippen LogP contribution in [0.25, 0.3) is 0 Å². The third kappa shape index (κ3) is 6.29. The van der Waals surface area contributed by atoms with Gasteiger partial charge in [-0.25, -0.2) is 0 Å².